The summed E-state index contributed by atoms with van der Waals surface area (Å²) in [4.78, 5) is 38.6. The molecular formula is C24H29N5O3. The highest BCUT2D eigenvalue weighted by atomic mass is 16.2. The second-order valence-electron chi connectivity index (χ2n) is 8.40. The Morgan fingerprint density at radius 2 is 1.31 bits per heavy atom. The van der Waals surface area contributed by atoms with Crippen molar-refractivity contribution in [2.45, 2.75) is 25.7 Å². The van der Waals surface area contributed by atoms with E-state index in [4.69, 9.17) is 0 Å². The van der Waals surface area contributed by atoms with Crippen molar-refractivity contribution in [3.05, 3.63) is 54.6 Å². The van der Waals surface area contributed by atoms with Gasteiger partial charge in [-0.15, -0.1) is 0 Å². The number of piperidine rings is 1. The van der Waals surface area contributed by atoms with E-state index in [0.29, 0.717) is 48.9 Å². The van der Waals surface area contributed by atoms with E-state index in [9.17, 15) is 14.4 Å². The maximum absolute atomic E-state index is 12.6. The quantitative estimate of drug-likeness (QED) is 0.549. The molecule has 1 aliphatic carbocycles. The van der Waals surface area contributed by atoms with Crippen LogP contribution >= 0.6 is 0 Å². The van der Waals surface area contributed by atoms with Crippen molar-refractivity contribution in [1.29, 1.82) is 0 Å². The van der Waals surface area contributed by atoms with Crippen LogP contribution in [0.1, 0.15) is 25.7 Å². The van der Waals surface area contributed by atoms with E-state index in [0.717, 1.165) is 6.54 Å². The topological polar surface area (TPSA) is 103 Å². The number of para-hydroxylation sites is 1. The van der Waals surface area contributed by atoms with E-state index in [2.05, 4.69) is 21.3 Å². The molecule has 1 saturated carbocycles. The van der Waals surface area contributed by atoms with Gasteiger partial charge in [0, 0.05) is 42.6 Å². The van der Waals surface area contributed by atoms with Gasteiger partial charge in [-0.2, -0.15) is 0 Å². The first-order valence-electron chi connectivity index (χ1n) is 11.1. The molecule has 4 N–H and O–H groups in total. The van der Waals surface area contributed by atoms with Gasteiger partial charge < -0.3 is 26.2 Å². The average Bonchev–Trinajstić information content (AvgIpc) is 3.64. The number of hydrogen-bond acceptors (Lipinski definition) is 3. The Hall–Kier alpha value is -3.55. The molecule has 0 atom stereocenters. The summed E-state index contributed by atoms with van der Waals surface area (Å²) in [5.41, 5.74) is 1.97. The Morgan fingerprint density at radius 1 is 0.750 bits per heavy atom. The molecule has 0 bridgehead atoms. The Bertz CT molecular complexity index is 936. The first-order valence-corrected chi connectivity index (χ1v) is 11.1. The van der Waals surface area contributed by atoms with E-state index >= 15 is 0 Å². The molecule has 8 heteroatoms. The Labute approximate surface area is 187 Å². The molecule has 168 valence electrons. The molecular weight excluding hydrogens is 406 g/mol. The first kappa shape index (κ1) is 21.7. The van der Waals surface area contributed by atoms with Crippen molar-refractivity contribution in [3.8, 4) is 0 Å². The number of hydrogen-bond donors (Lipinski definition) is 4. The molecule has 2 aliphatic rings. The molecule has 1 heterocycles. The third-order valence-electron chi connectivity index (χ3n) is 5.84. The zero-order valence-electron chi connectivity index (χ0n) is 18.0. The van der Waals surface area contributed by atoms with E-state index in [1.54, 1.807) is 29.2 Å². The summed E-state index contributed by atoms with van der Waals surface area (Å²) in [7, 11) is 0. The van der Waals surface area contributed by atoms with Crippen LogP contribution in [0.2, 0.25) is 0 Å². The number of anilines is 3. The minimum absolute atomic E-state index is 0.00908. The van der Waals surface area contributed by atoms with Gasteiger partial charge in [0.2, 0.25) is 5.91 Å². The minimum atomic E-state index is -0.336. The van der Waals surface area contributed by atoms with Crippen molar-refractivity contribution in [1.82, 2.24) is 10.2 Å². The number of amides is 5. The SMILES string of the molecule is O=C(Nc1ccccc1)Nc1ccc(NC(=O)N2CCC(C(=O)NCC3CC3)CC2)cc1. The number of carbonyl (C=O) groups excluding carboxylic acids is 3. The fourth-order valence-electron chi connectivity index (χ4n) is 3.71. The molecule has 0 spiro atoms. The molecule has 32 heavy (non-hydrogen) atoms. The predicted molar refractivity (Wildman–Crippen MR) is 125 cm³/mol. The monoisotopic (exact) mass is 435 g/mol. The van der Waals surface area contributed by atoms with Gasteiger partial charge in [0.1, 0.15) is 0 Å². The van der Waals surface area contributed by atoms with Crippen molar-refractivity contribution in [3.63, 3.8) is 0 Å². The van der Waals surface area contributed by atoms with Crippen LogP contribution in [-0.2, 0) is 4.79 Å². The molecule has 0 radical (unpaired) electrons. The van der Waals surface area contributed by atoms with Crippen molar-refractivity contribution >= 4 is 35.0 Å². The second kappa shape index (κ2) is 10.2. The van der Waals surface area contributed by atoms with Crippen molar-refractivity contribution in [2.75, 3.05) is 35.6 Å². The Balaban J connectivity index is 1.20. The van der Waals surface area contributed by atoms with Crippen LogP contribution in [0.3, 0.4) is 0 Å². The zero-order valence-corrected chi connectivity index (χ0v) is 18.0. The fourth-order valence-corrected chi connectivity index (χ4v) is 3.71. The van der Waals surface area contributed by atoms with Crippen LogP contribution in [0.4, 0.5) is 26.7 Å². The van der Waals surface area contributed by atoms with E-state index in [-0.39, 0.29) is 23.9 Å². The van der Waals surface area contributed by atoms with Gasteiger partial charge >= 0.3 is 12.1 Å². The number of nitrogens with one attached hydrogen (secondary N) is 4. The number of likely N-dealkylation sites (tertiary alicyclic amines) is 1. The number of benzene rings is 2. The second-order valence-corrected chi connectivity index (χ2v) is 8.40. The number of nitrogens with zero attached hydrogens (tertiary/aromatic N) is 1. The number of rotatable bonds is 6. The largest absolute Gasteiger partial charge is 0.356 e. The van der Waals surface area contributed by atoms with Crippen LogP contribution in [-0.4, -0.2) is 42.5 Å². The lowest BCUT2D eigenvalue weighted by atomic mass is 9.96. The summed E-state index contributed by atoms with van der Waals surface area (Å²) in [5, 5.41) is 11.4. The maximum Gasteiger partial charge on any atom is 0.323 e. The van der Waals surface area contributed by atoms with Crippen LogP contribution in [0.15, 0.2) is 54.6 Å². The molecule has 8 nitrogen and oxygen atoms in total. The van der Waals surface area contributed by atoms with Gasteiger partial charge in [0.15, 0.2) is 0 Å². The summed E-state index contributed by atoms with van der Waals surface area (Å²) in [6, 6.07) is 15.6. The maximum atomic E-state index is 12.6. The molecule has 4 rings (SSSR count). The summed E-state index contributed by atoms with van der Waals surface area (Å²) in [5.74, 6) is 0.784. The lowest BCUT2D eigenvalue weighted by molar-refractivity contribution is -0.126. The molecule has 2 aromatic carbocycles. The number of carbonyl (C=O) groups is 3. The lowest BCUT2D eigenvalue weighted by Gasteiger charge is -2.31. The molecule has 2 aromatic rings. The highest BCUT2D eigenvalue weighted by Crippen LogP contribution is 2.28. The Kier molecular flexibility index (Phi) is 6.89. The molecule has 0 aromatic heterocycles. The van der Waals surface area contributed by atoms with E-state index < -0.39 is 0 Å². The molecule has 1 saturated heterocycles. The predicted octanol–water partition coefficient (Wildman–Crippen LogP) is 4.10. The van der Waals surface area contributed by atoms with Gasteiger partial charge in [-0.1, -0.05) is 18.2 Å². The van der Waals surface area contributed by atoms with Crippen LogP contribution in [0.25, 0.3) is 0 Å². The fraction of sp³-hybridized carbons (Fsp3) is 0.375. The van der Waals surface area contributed by atoms with Gasteiger partial charge in [-0.25, -0.2) is 9.59 Å². The summed E-state index contributed by atoms with van der Waals surface area (Å²) >= 11 is 0. The summed E-state index contributed by atoms with van der Waals surface area (Å²) in [6.07, 6.45) is 3.81. The lowest BCUT2D eigenvalue weighted by Crippen LogP contribution is -2.44. The van der Waals surface area contributed by atoms with Crippen LogP contribution in [0, 0.1) is 11.8 Å². The number of urea groups is 2. The van der Waals surface area contributed by atoms with Crippen molar-refractivity contribution < 1.29 is 14.4 Å². The third-order valence-corrected chi connectivity index (χ3v) is 5.84. The molecule has 0 unspecified atom stereocenters. The van der Waals surface area contributed by atoms with E-state index in [1.807, 2.05) is 30.3 Å². The van der Waals surface area contributed by atoms with Gasteiger partial charge in [-0.05, 0) is 68.0 Å². The standard InChI is InChI=1S/C24H29N5O3/c30-22(25-16-17-6-7-17)18-12-14-29(15-13-18)24(32)28-21-10-8-20(9-11-21)27-23(31)26-19-4-2-1-3-5-19/h1-5,8-11,17-18H,6-7,12-16H2,(H,25,30)(H,28,32)(H2,26,27,31). The minimum Gasteiger partial charge on any atom is -0.356 e. The van der Waals surface area contributed by atoms with Gasteiger partial charge in [0.25, 0.3) is 0 Å². The van der Waals surface area contributed by atoms with Gasteiger partial charge in [-0.3, -0.25) is 4.79 Å². The first-order chi connectivity index (χ1) is 15.6. The zero-order chi connectivity index (χ0) is 22.3. The smallest absolute Gasteiger partial charge is 0.323 e. The molecule has 2 fully saturated rings. The highest BCUT2D eigenvalue weighted by molar-refractivity contribution is 6.00. The molecule has 5 amide bonds. The van der Waals surface area contributed by atoms with E-state index in [1.165, 1.54) is 12.8 Å². The normalized spacial score (nSPS) is 16.2. The van der Waals surface area contributed by atoms with Gasteiger partial charge in [0.05, 0.1) is 0 Å². The van der Waals surface area contributed by atoms with Crippen LogP contribution in [0.5, 0.6) is 0 Å². The Morgan fingerprint density at radius 3 is 1.91 bits per heavy atom. The van der Waals surface area contributed by atoms with Crippen molar-refractivity contribution in [2.24, 2.45) is 11.8 Å². The molecule has 1 aliphatic heterocycles. The van der Waals surface area contributed by atoms with Crippen LogP contribution < -0.4 is 21.3 Å². The average molecular weight is 436 g/mol. The summed E-state index contributed by atoms with van der Waals surface area (Å²) < 4.78 is 0. The highest BCUT2D eigenvalue weighted by Gasteiger charge is 2.29. The third kappa shape index (κ3) is 6.23. The summed E-state index contributed by atoms with van der Waals surface area (Å²) in [6.45, 7) is 1.91.